The predicted molar refractivity (Wildman–Crippen MR) is 86.0 cm³/mol. The fraction of sp³-hybridized carbons (Fsp3) is 0.385. The topological polar surface area (TPSA) is 61.0 Å². The van der Waals surface area contributed by atoms with Crippen LogP contribution >= 0.6 is 11.6 Å². The van der Waals surface area contributed by atoms with Gasteiger partial charge in [-0.25, -0.2) is 4.72 Å². The summed E-state index contributed by atoms with van der Waals surface area (Å²) in [6, 6.07) is 4.01. The monoisotopic (exact) mass is 312 g/mol. The quantitative estimate of drug-likeness (QED) is 0.847. The molecule has 0 radical (unpaired) electrons. The normalized spacial score (nSPS) is 22.3. The van der Waals surface area contributed by atoms with Gasteiger partial charge in [0.25, 0.3) is 0 Å². The number of halogens is 1. The summed E-state index contributed by atoms with van der Waals surface area (Å²) in [4.78, 5) is 2.24. The van der Waals surface area contributed by atoms with Crippen LogP contribution in [0.4, 0.5) is 5.69 Å². The number of H-pyrrole nitrogens is 1. The van der Waals surface area contributed by atoms with Gasteiger partial charge in [-0.3, -0.25) is 9.31 Å². The molecule has 108 valence electrons. The van der Waals surface area contributed by atoms with Gasteiger partial charge in [0.15, 0.2) is 0 Å². The summed E-state index contributed by atoms with van der Waals surface area (Å²) in [7, 11) is -2.17. The van der Waals surface area contributed by atoms with Gasteiger partial charge in [-0.1, -0.05) is 11.6 Å². The average molecular weight is 313 g/mol. The average Bonchev–Trinajstić information content (AvgIpc) is 2.94. The molecule has 2 heterocycles. The first-order valence-electron chi connectivity index (χ1n) is 6.39. The molecular formula is C13H17ClN4OS. The van der Waals surface area contributed by atoms with E-state index in [0.29, 0.717) is 5.02 Å². The maximum atomic E-state index is 11.7. The summed E-state index contributed by atoms with van der Waals surface area (Å²) in [5.74, 6) is 3.65. The van der Waals surface area contributed by atoms with Gasteiger partial charge in [0, 0.05) is 51.2 Å². The Hall–Kier alpha value is -1.24. The highest BCUT2D eigenvalue weighted by Crippen LogP contribution is 2.31. The fourth-order valence-electron chi connectivity index (χ4n) is 2.69. The van der Waals surface area contributed by atoms with Gasteiger partial charge in [0.2, 0.25) is 0 Å². The van der Waals surface area contributed by atoms with E-state index in [1.165, 1.54) is 0 Å². The van der Waals surface area contributed by atoms with Crippen molar-refractivity contribution in [3.8, 4) is 0 Å². The highest BCUT2D eigenvalue weighted by Gasteiger charge is 2.25. The molecule has 5 nitrogen and oxygen atoms in total. The van der Waals surface area contributed by atoms with E-state index in [-0.39, 0.29) is 6.04 Å². The van der Waals surface area contributed by atoms with Crippen molar-refractivity contribution in [3.05, 3.63) is 23.4 Å². The van der Waals surface area contributed by atoms with Crippen LogP contribution < -0.4 is 9.62 Å². The number of nitrogens with zero attached hydrogens (tertiary/aromatic N) is 2. The number of aromatic nitrogens is 2. The van der Waals surface area contributed by atoms with E-state index in [4.69, 9.17) is 11.6 Å². The zero-order valence-electron chi connectivity index (χ0n) is 11.2. The van der Waals surface area contributed by atoms with E-state index >= 15 is 0 Å². The molecule has 2 atom stereocenters. The summed E-state index contributed by atoms with van der Waals surface area (Å²) in [6.07, 6.45) is 4.38. The van der Waals surface area contributed by atoms with Crippen molar-refractivity contribution in [2.75, 3.05) is 24.2 Å². The molecule has 1 fully saturated rings. The van der Waals surface area contributed by atoms with Crippen LogP contribution in [0.3, 0.4) is 0 Å². The Balaban J connectivity index is 1.88. The Morgan fingerprint density at radius 2 is 2.40 bits per heavy atom. The van der Waals surface area contributed by atoms with Crippen LogP contribution in [0.1, 0.15) is 6.42 Å². The van der Waals surface area contributed by atoms with Crippen molar-refractivity contribution in [2.45, 2.75) is 12.5 Å². The third-order valence-corrected chi connectivity index (χ3v) is 4.50. The Morgan fingerprint density at radius 1 is 1.60 bits per heavy atom. The number of benzene rings is 1. The maximum Gasteiger partial charge on any atom is 0.0686 e. The standard InChI is InChI=1S/C13H17ClN4OS/c1-20(2,19)17-10-3-4-18(8-10)13-6-9(14)5-12-11(13)7-15-16-12/h5-7,10H,1,3-4,8H2,2H3,(H,15,16)(H,17,19). The smallest absolute Gasteiger partial charge is 0.0686 e. The maximum absolute atomic E-state index is 11.7. The van der Waals surface area contributed by atoms with Gasteiger partial charge in [-0.05, 0) is 24.4 Å². The molecule has 0 spiro atoms. The summed E-state index contributed by atoms with van der Waals surface area (Å²) >= 11 is 6.16. The van der Waals surface area contributed by atoms with Gasteiger partial charge in [0.1, 0.15) is 0 Å². The number of aromatic amines is 1. The van der Waals surface area contributed by atoms with E-state index in [2.05, 4.69) is 25.7 Å². The molecule has 1 aromatic heterocycles. The second-order valence-corrected chi connectivity index (χ2v) is 7.99. The van der Waals surface area contributed by atoms with Crippen molar-refractivity contribution >= 4 is 43.8 Å². The summed E-state index contributed by atoms with van der Waals surface area (Å²) in [6.45, 7) is 1.69. The molecule has 20 heavy (non-hydrogen) atoms. The van der Waals surface area contributed by atoms with Crippen LogP contribution in [0.5, 0.6) is 0 Å². The number of fused-ring (bicyclic) bond motifs is 1. The summed E-state index contributed by atoms with van der Waals surface area (Å²) in [5, 5.41) is 8.75. The lowest BCUT2D eigenvalue weighted by Crippen LogP contribution is -2.36. The molecular weight excluding hydrogens is 296 g/mol. The zero-order chi connectivity index (χ0) is 14.3. The van der Waals surface area contributed by atoms with Crippen LogP contribution in [0.25, 0.3) is 10.9 Å². The SMILES string of the molecule is C=S(C)(=O)NC1CCN(c2cc(Cl)cc3[nH]ncc23)C1. The number of hydrogen-bond acceptors (Lipinski definition) is 3. The van der Waals surface area contributed by atoms with E-state index in [9.17, 15) is 4.21 Å². The van der Waals surface area contributed by atoms with Crippen LogP contribution in [-0.2, 0) is 9.71 Å². The Morgan fingerprint density at radius 3 is 3.15 bits per heavy atom. The van der Waals surface area contributed by atoms with Crippen molar-refractivity contribution < 1.29 is 4.21 Å². The second kappa shape index (κ2) is 4.95. The Kier molecular flexibility index (Phi) is 3.40. The number of rotatable bonds is 3. The highest BCUT2D eigenvalue weighted by molar-refractivity contribution is 7.97. The minimum atomic E-state index is -2.17. The molecule has 7 heteroatoms. The predicted octanol–water partition coefficient (Wildman–Crippen LogP) is 1.65. The van der Waals surface area contributed by atoms with E-state index in [1.54, 1.807) is 6.26 Å². The van der Waals surface area contributed by atoms with Crippen molar-refractivity contribution in [3.63, 3.8) is 0 Å². The Labute approximate surface area is 123 Å². The van der Waals surface area contributed by atoms with Crippen molar-refractivity contribution in [1.82, 2.24) is 14.9 Å². The molecule has 2 aromatic rings. The molecule has 0 aliphatic carbocycles. The molecule has 2 N–H and O–H groups in total. The summed E-state index contributed by atoms with van der Waals surface area (Å²) in [5.41, 5.74) is 2.00. The highest BCUT2D eigenvalue weighted by atomic mass is 35.5. The van der Waals surface area contributed by atoms with Gasteiger partial charge < -0.3 is 4.90 Å². The third-order valence-electron chi connectivity index (χ3n) is 3.45. The van der Waals surface area contributed by atoms with Crippen molar-refractivity contribution in [2.24, 2.45) is 0 Å². The molecule has 1 aromatic carbocycles. The lowest BCUT2D eigenvalue weighted by atomic mass is 10.2. The lowest BCUT2D eigenvalue weighted by Gasteiger charge is -2.20. The van der Waals surface area contributed by atoms with Gasteiger partial charge >= 0.3 is 0 Å². The lowest BCUT2D eigenvalue weighted by molar-refractivity contribution is 0.640. The van der Waals surface area contributed by atoms with Crippen LogP contribution in [0, 0.1) is 0 Å². The van der Waals surface area contributed by atoms with E-state index in [1.807, 2.05) is 18.3 Å². The van der Waals surface area contributed by atoms with Gasteiger partial charge in [0.05, 0.1) is 11.7 Å². The minimum Gasteiger partial charge on any atom is -0.369 e. The number of hydrogen-bond donors (Lipinski definition) is 2. The molecule has 1 saturated heterocycles. The first-order valence-corrected chi connectivity index (χ1v) is 8.91. The molecule has 0 bridgehead atoms. The number of nitrogens with one attached hydrogen (secondary N) is 2. The van der Waals surface area contributed by atoms with Crippen LogP contribution in [-0.4, -0.2) is 45.7 Å². The molecule has 0 amide bonds. The zero-order valence-corrected chi connectivity index (χ0v) is 12.8. The van der Waals surface area contributed by atoms with E-state index < -0.39 is 9.71 Å². The third kappa shape index (κ3) is 2.77. The summed E-state index contributed by atoms with van der Waals surface area (Å²) < 4.78 is 14.8. The molecule has 1 aliphatic rings. The van der Waals surface area contributed by atoms with Gasteiger partial charge in [-0.15, -0.1) is 0 Å². The largest absolute Gasteiger partial charge is 0.369 e. The van der Waals surface area contributed by atoms with E-state index in [0.717, 1.165) is 36.1 Å². The minimum absolute atomic E-state index is 0.186. The first-order chi connectivity index (χ1) is 9.42. The van der Waals surface area contributed by atoms with Crippen LogP contribution in [0.15, 0.2) is 18.3 Å². The van der Waals surface area contributed by atoms with Crippen molar-refractivity contribution in [1.29, 1.82) is 0 Å². The molecule has 1 aliphatic heterocycles. The Bertz CT molecular complexity index is 740. The number of anilines is 1. The second-order valence-electron chi connectivity index (χ2n) is 5.31. The molecule has 3 rings (SSSR count). The molecule has 0 saturated carbocycles. The molecule has 2 unspecified atom stereocenters. The fourth-order valence-corrected chi connectivity index (χ4v) is 3.80. The van der Waals surface area contributed by atoms with Gasteiger partial charge in [-0.2, -0.15) is 5.10 Å². The van der Waals surface area contributed by atoms with Crippen LogP contribution in [0.2, 0.25) is 5.02 Å². The first kappa shape index (κ1) is 13.7.